The number of hydroxylamine groups is 1. The Bertz CT molecular complexity index is 325. The molecule has 6 nitrogen and oxygen atoms in total. The van der Waals surface area contributed by atoms with E-state index in [9.17, 15) is 4.79 Å². The van der Waals surface area contributed by atoms with Gasteiger partial charge in [0.1, 0.15) is 6.26 Å². The van der Waals surface area contributed by atoms with Crippen molar-refractivity contribution in [1.29, 1.82) is 0 Å². The lowest BCUT2D eigenvalue weighted by Gasteiger charge is -2.40. The van der Waals surface area contributed by atoms with Crippen LogP contribution in [0, 0.1) is 5.41 Å². The SMILES string of the molecule is CN(CCCO)C(=O)NC1(C(C)(C)C)C=CON1. The Morgan fingerprint density at radius 2 is 2.22 bits per heavy atom. The first-order valence-electron chi connectivity index (χ1n) is 6.07. The Kier molecular flexibility index (Phi) is 4.59. The Labute approximate surface area is 108 Å². The van der Waals surface area contributed by atoms with Crippen molar-refractivity contribution in [2.45, 2.75) is 32.9 Å². The first kappa shape index (κ1) is 14.8. The molecule has 0 aliphatic carbocycles. The number of hydrogen-bond acceptors (Lipinski definition) is 4. The van der Waals surface area contributed by atoms with Crippen LogP contribution < -0.4 is 10.8 Å². The van der Waals surface area contributed by atoms with Gasteiger partial charge in [0.25, 0.3) is 0 Å². The molecule has 0 saturated carbocycles. The molecule has 1 aliphatic heterocycles. The van der Waals surface area contributed by atoms with Gasteiger partial charge in [-0.25, -0.2) is 4.79 Å². The van der Waals surface area contributed by atoms with E-state index in [1.54, 1.807) is 13.1 Å². The first-order chi connectivity index (χ1) is 8.32. The minimum Gasteiger partial charge on any atom is -0.414 e. The van der Waals surface area contributed by atoms with Gasteiger partial charge in [0.15, 0.2) is 5.66 Å². The third kappa shape index (κ3) is 3.14. The molecule has 0 aromatic carbocycles. The van der Waals surface area contributed by atoms with Gasteiger partial charge in [-0.3, -0.25) is 0 Å². The van der Waals surface area contributed by atoms with E-state index in [1.807, 2.05) is 20.8 Å². The molecular weight excluding hydrogens is 234 g/mol. The molecule has 6 heteroatoms. The van der Waals surface area contributed by atoms with Crippen molar-refractivity contribution in [1.82, 2.24) is 15.7 Å². The van der Waals surface area contributed by atoms with Crippen LogP contribution in [0.4, 0.5) is 4.79 Å². The minimum atomic E-state index is -0.725. The third-order valence-corrected chi connectivity index (χ3v) is 3.09. The van der Waals surface area contributed by atoms with Crippen molar-refractivity contribution < 1.29 is 14.7 Å². The number of aliphatic hydroxyl groups excluding tert-OH is 1. The van der Waals surface area contributed by atoms with Crippen molar-refractivity contribution in [3.05, 3.63) is 12.3 Å². The monoisotopic (exact) mass is 257 g/mol. The number of carbonyl (C=O) groups excluding carboxylic acids is 1. The maximum absolute atomic E-state index is 12.1. The summed E-state index contributed by atoms with van der Waals surface area (Å²) in [5, 5.41) is 11.7. The first-order valence-corrected chi connectivity index (χ1v) is 6.07. The molecule has 1 unspecified atom stereocenters. The normalized spacial score (nSPS) is 22.7. The van der Waals surface area contributed by atoms with Crippen LogP contribution in [0.25, 0.3) is 0 Å². The average molecular weight is 257 g/mol. The number of aliphatic hydroxyl groups is 1. The molecule has 3 N–H and O–H groups in total. The van der Waals surface area contributed by atoms with Gasteiger partial charge < -0.3 is 20.2 Å². The van der Waals surface area contributed by atoms with Gasteiger partial charge in [0.05, 0.1) is 0 Å². The fourth-order valence-electron chi connectivity index (χ4n) is 1.63. The van der Waals surface area contributed by atoms with Gasteiger partial charge in [-0.1, -0.05) is 20.8 Å². The van der Waals surface area contributed by atoms with Crippen LogP contribution in [-0.4, -0.2) is 41.9 Å². The summed E-state index contributed by atoms with van der Waals surface area (Å²) in [6, 6.07) is -0.207. The molecule has 18 heavy (non-hydrogen) atoms. The molecule has 0 radical (unpaired) electrons. The molecule has 0 aromatic rings. The fraction of sp³-hybridized carbons (Fsp3) is 0.750. The maximum atomic E-state index is 12.1. The summed E-state index contributed by atoms with van der Waals surface area (Å²) in [4.78, 5) is 18.6. The van der Waals surface area contributed by atoms with Crippen LogP contribution in [0.5, 0.6) is 0 Å². The largest absolute Gasteiger partial charge is 0.414 e. The molecule has 2 amide bonds. The van der Waals surface area contributed by atoms with Crippen LogP contribution in [0.3, 0.4) is 0 Å². The fourth-order valence-corrected chi connectivity index (χ4v) is 1.63. The molecule has 0 bridgehead atoms. The van der Waals surface area contributed by atoms with Gasteiger partial charge in [-0.05, 0) is 12.5 Å². The van der Waals surface area contributed by atoms with E-state index in [0.717, 1.165) is 0 Å². The Morgan fingerprint density at radius 1 is 1.56 bits per heavy atom. The quantitative estimate of drug-likeness (QED) is 0.696. The summed E-state index contributed by atoms with van der Waals surface area (Å²) in [5.74, 6) is 0. The Morgan fingerprint density at radius 3 is 2.67 bits per heavy atom. The third-order valence-electron chi connectivity index (χ3n) is 3.09. The second kappa shape index (κ2) is 5.58. The van der Waals surface area contributed by atoms with Crippen LogP contribution in [0.2, 0.25) is 0 Å². The number of nitrogens with one attached hydrogen (secondary N) is 2. The number of carbonyl (C=O) groups is 1. The van der Waals surface area contributed by atoms with Crippen molar-refractivity contribution in [2.24, 2.45) is 5.41 Å². The van der Waals surface area contributed by atoms with E-state index in [2.05, 4.69) is 10.8 Å². The Hall–Kier alpha value is -1.27. The van der Waals surface area contributed by atoms with Gasteiger partial charge in [0.2, 0.25) is 0 Å². The predicted molar refractivity (Wildman–Crippen MR) is 68.4 cm³/mol. The van der Waals surface area contributed by atoms with Gasteiger partial charge in [-0.15, -0.1) is 5.48 Å². The second-order valence-electron chi connectivity index (χ2n) is 5.51. The van der Waals surface area contributed by atoms with E-state index >= 15 is 0 Å². The molecule has 1 aliphatic rings. The topological polar surface area (TPSA) is 73.8 Å². The summed E-state index contributed by atoms with van der Waals surface area (Å²) < 4.78 is 0. The molecule has 1 rings (SSSR count). The molecular formula is C12H23N3O3. The summed E-state index contributed by atoms with van der Waals surface area (Å²) in [7, 11) is 1.70. The number of hydrogen-bond donors (Lipinski definition) is 3. The molecule has 104 valence electrons. The second-order valence-corrected chi connectivity index (χ2v) is 5.51. The van der Waals surface area contributed by atoms with Crippen LogP contribution in [-0.2, 0) is 4.84 Å². The van der Waals surface area contributed by atoms with Crippen molar-refractivity contribution in [3.63, 3.8) is 0 Å². The molecule has 0 spiro atoms. The highest BCUT2D eigenvalue weighted by atomic mass is 16.6. The van der Waals surface area contributed by atoms with E-state index in [-0.39, 0.29) is 18.1 Å². The van der Waals surface area contributed by atoms with Gasteiger partial charge in [0, 0.05) is 25.6 Å². The van der Waals surface area contributed by atoms with Crippen LogP contribution >= 0.6 is 0 Å². The summed E-state index contributed by atoms with van der Waals surface area (Å²) >= 11 is 0. The zero-order valence-corrected chi connectivity index (χ0v) is 11.5. The highest BCUT2D eigenvalue weighted by molar-refractivity contribution is 5.75. The summed E-state index contributed by atoms with van der Waals surface area (Å²) in [5.41, 5.74) is 1.87. The number of rotatable bonds is 4. The van der Waals surface area contributed by atoms with E-state index in [1.165, 1.54) is 11.2 Å². The van der Waals surface area contributed by atoms with Crippen molar-refractivity contribution >= 4 is 6.03 Å². The average Bonchev–Trinajstić information content (AvgIpc) is 2.74. The summed E-state index contributed by atoms with van der Waals surface area (Å²) in [6.45, 7) is 6.60. The molecule has 0 fully saturated rings. The lowest BCUT2D eigenvalue weighted by atomic mass is 9.81. The highest BCUT2D eigenvalue weighted by Gasteiger charge is 2.44. The van der Waals surface area contributed by atoms with E-state index in [0.29, 0.717) is 13.0 Å². The number of amides is 2. The summed E-state index contributed by atoms with van der Waals surface area (Å²) in [6.07, 6.45) is 3.89. The molecule has 1 atom stereocenters. The lowest BCUT2D eigenvalue weighted by Crippen LogP contribution is -2.64. The van der Waals surface area contributed by atoms with Crippen LogP contribution in [0.1, 0.15) is 27.2 Å². The van der Waals surface area contributed by atoms with Gasteiger partial charge in [-0.2, -0.15) is 0 Å². The predicted octanol–water partition coefficient (Wildman–Crippen LogP) is 0.801. The zero-order chi connectivity index (χ0) is 13.8. The molecule has 1 heterocycles. The lowest BCUT2D eigenvalue weighted by molar-refractivity contribution is 0.0232. The maximum Gasteiger partial charge on any atom is 0.318 e. The smallest absolute Gasteiger partial charge is 0.318 e. The zero-order valence-electron chi connectivity index (χ0n) is 11.5. The standard InChI is InChI=1S/C12H23N3O3/c1-11(2,3)12(6-9-18-14-12)13-10(17)15(4)7-5-8-16/h6,9,14,16H,5,7-8H2,1-4H3,(H,13,17). The number of urea groups is 1. The Balaban J connectivity index is 2.68. The highest BCUT2D eigenvalue weighted by Crippen LogP contribution is 2.31. The van der Waals surface area contributed by atoms with Crippen molar-refractivity contribution in [2.75, 3.05) is 20.2 Å². The van der Waals surface area contributed by atoms with Gasteiger partial charge >= 0.3 is 6.03 Å². The van der Waals surface area contributed by atoms with Crippen molar-refractivity contribution in [3.8, 4) is 0 Å². The molecule has 0 aromatic heterocycles. The van der Waals surface area contributed by atoms with E-state index < -0.39 is 5.66 Å². The molecule has 0 saturated heterocycles. The number of nitrogens with zero attached hydrogens (tertiary/aromatic N) is 1. The van der Waals surface area contributed by atoms with Crippen LogP contribution in [0.15, 0.2) is 12.3 Å². The minimum absolute atomic E-state index is 0.0727. The van der Waals surface area contributed by atoms with E-state index in [4.69, 9.17) is 9.94 Å².